The molecule has 8 aromatic carbocycles. The van der Waals surface area contributed by atoms with Crippen molar-refractivity contribution >= 4 is 70.0 Å². The molecule has 14 heteroatoms. The monoisotopic (exact) mass is 1250 g/mol. The summed E-state index contributed by atoms with van der Waals surface area (Å²) in [5.74, 6) is -2.66. The molecule has 0 saturated carbocycles. The molecule has 4 aliphatic rings. The van der Waals surface area contributed by atoms with Gasteiger partial charge in [-0.05, 0) is 59.7 Å². The summed E-state index contributed by atoms with van der Waals surface area (Å²) in [7, 11) is 0. The molecule has 4 aliphatic heterocycles. The second kappa shape index (κ2) is 20.1. The number of anilines is 4. The van der Waals surface area contributed by atoms with Crippen molar-refractivity contribution in [3.05, 3.63) is 251 Å². The van der Waals surface area contributed by atoms with E-state index in [9.17, 15) is 38.4 Å². The van der Waals surface area contributed by atoms with Gasteiger partial charge in [0.15, 0.2) is 0 Å². The van der Waals surface area contributed by atoms with Gasteiger partial charge in [-0.1, -0.05) is 59.1 Å². The zero-order chi connectivity index (χ0) is 47.1. The van der Waals surface area contributed by atoms with Crippen molar-refractivity contribution < 1.29 is 80.5 Å². The molecule has 12 rings (SSSR count). The largest absolute Gasteiger partial charge is 2.00 e. The van der Waals surface area contributed by atoms with Crippen LogP contribution in [0.4, 0.5) is 22.7 Å². The summed E-state index contributed by atoms with van der Waals surface area (Å²) >= 11 is 0. The number of nitrogens with zero attached hydrogens (tertiary/aromatic N) is 4. The Morgan fingerprint density at radius 3 is 0.671 bits per heavy atom. The molecule has 0 aromatic heterocycles. The maximum absolute atomic E-state index is 13.1. The summed E-state index contributed by atoms with van der Waals surface area (Å²) in [6.45, 7) is 0. The van der Waals surface area contributed by atoms with E-state index < -0.39 is 11.8 Å². The molecule has 0 fully saturated rings. The average molecular weight is 1250 g/mol. The molecule has 70 heavy (non-hydrogen) atoms. The maximum Gasteiger partial charge on any atom is 2.00 e. The molecule has 0 aliphatic carbocycles. The van der Waals surface area contributed by atoms with Crippen LogP contribution < -0.4 is 19.6 Å². The van der Waals surface area contributed by atoms with E-state index in [2.05, 4.69) is 24.3 Å². The number of hydrogen-bond donors (Lipinski definition) is 0. The predicted molar refractivity (Wildman–Crippen MR) is 250 cm³/mol. The Kier molecular flexibility index (Phi) is 13.8. The molecule has 8 aromatic rings. The standard InChI is InChI=1S/C28H14N2O4.2C14H8NO2.2W/c31-25-21-13-11-17(15-23(21)27(33)29(25)19-7-3-1-4-8-19)18-12-14-22-24(16-18)28(34)30(26(22)32)20-9-5-2-6-10-20;2*16-13-11-8-4-5-9-12(11)14(17)15(13)10-6-2-1-3-7-10;;/h3-16H;2*2-9H;;/q-2;2*-1;2*+2. The van der Waals surface area contributed by atoms with Crippen molar-refractivity contribution in [1.82, 2.24) is 0 Å². The van der Waals surface area contributed by atoms with Gasteiger partial charge in [-0.15, -0.1) is 48.5 Å². The van der Waals surface area contributed by atoms with Crippen LogP contribution >= 0.6 is 0 Å². The van der Waals surface area contributed by atoms with Gasteiger partial charge in [-0.2, -0.15) is 72.8 Å². The molecule has 0 radical (unpaired) electrons. The van der Waals surface area contributed by atoms with Crippen molar-refractivity contribution in [2.24, 2.45) is 0 Å². The second-order valence-corrected chi connectivity index (χ2v) is 15.4. The Labute approximate surface area is 429 Å². The van der Waals surface area contributed by atoms with E-state index in [0.29, 0.717) is 78.4 Å². The Hall–Kier alpha value is -8.30. The van der Waals surface area contributed by atoms with Crippen LogP contribution in [0.5, 0.6) is 0 Å². The molecule has 0 unspecified atom stereocenters. The maximum atomic E-state index is 13.1. The van der Waals surface area contributed by atoms with Gasteiger partial charge in [0.05, 0.1) is 44.5 Å². The number of hydrogen-bond acceptors (Lipinski definition) is 8. The fourth-order valence-corrected chi connectivity index (χ4v) is 8.27. The van der Waals surface area contributed by atoms with Gasteiger partial charge in [0.1, 0.15) is 0 Å². The molecule has 0 bridgehead atoms. The Morgan fingerprint density at radius 2 is 0.443 bits per heavy atom. The smallest absolute Gasteiger partial charge is 0.268 e. The van der Waals surface area contributed by atoms with Crippen molar-refractivity contribution in [2.75, 3.05) is 19.6 Å². The van der Waals surface area contributed by atoms with Gasteiger partial charge in [0, 0.05) is 0 Å². The van der Waals surface area contributed by atoms with Gasteiger partial charge >= 0.3 is 42.1 Å². The number of fused-ring (bicyclic) bond motifs is 4. The van der Waals surface area contributed by atoms with Crippen LogP contribution in [0.15, 0.2) is 182 Å². The Morgan fingerprint density at radius 1 is 0.243 bits per heavy atom. The minimum atomic E-state index is -0.410. The van der Waals surface area contributed by atoms with Gasteiger partial charge in [-0.3, -0.25) is 58.0 Å². The molecule has 0 atom stereocenters. The number of imide groups is 4. The fourth-order valence-electron chi connectivity index (χ4n) is 8.27. The summed E-state index contributed by atoms with van der Waals surface area (Å²) in [6.07, 6.45) is 0. The fraction of sp³-hybridized carbons (Fsp3) is 0. The SMILES string of the molecule is O=C1c2ccc(-c3ccc4c(c3)C(=O)N(c3cc[c-]cc3)C4=O)cc2C(=O)N1c1cc[c-]cc1.O=C1c2ccccc2C(=O)N1c1cc[c-]cc1.O=C1c2ccccc2C(=O)N1c1cc[c-]cc1.[W+2].[W+2]. The van der Waals surface area contributed by atoms with Crippen LogP contribution in [-0.4, -0.2) is 47.3 Å². The second-order valence-electron chi connectivity index (χ2n) is 15.4. The topological polar surface area (TPSA) is 150 Å². The van der Waals surface area contributed by atoms with E-state index in [-0.39, 0.29) is 77.6 Å². The third-order valence-corrected chi connectivity index (χ3v) is 11.5. The predicted octanol–water partition coefficient (Wildman–Crippen LogP) is 9.12. The van der Waals surface area contributed by atoms with E-state index in [1.54, 1.807) is 182 Å². The third kappa shape index (κ3) is 8.48. The van der Waals surface area contributed by atoms with Gasteiger partial charge < -0.3 is 0 Å². The van der Waals surface area contributed by atoms with Crippen molar-refractivity contribution in [3.8, 4) is 11.1 Å². The van der Waals surface area contributed by atoms with Crippen molar-refractivity contribution in [3.63, 3.8) is 0 Å². The van der Waals surface area contributed by atoms with Crippen LogP contribution in [0.2, 0.25) is 0 Å². The van der Waals surface area contributed by atoms with E-state index in [1.807, 2.05) is 0 Å². The van der Waals surface area contributed by atoms with E-state index >= 15 is 0 Å². The Bertz CT molecular complexity index is 3130. The zero-order valence-electron chi connectivity index (χ0n) is 36.2. The first-order chi connectivity index (χ1) is 33.1. The molecule has 0 spiro atoms. The van der Waals surface area contributed by atoms with Crippen LogP contribution in [0.1, 0.15) is 82.9 Å². The zero-order valence-corrected chi connectivity index (χ0v) is 42.1. The summed E-state index contributed by atoms with van der Waals surface area (Å²) in [5, 5.41) is 0. The molecule has 334 valence electrons. The molecule has 4 heterocycles. The number of benzene rings is 8. The van der Waals surface area contributed by atoms with Crippen LogP contribution in [0, 0.1) is 24.3 Å². The molecular formula is C56H30N4O8W2. The molecule has 8 amide bonds. The van der Waals surface area contributed by atoms with Crippen LogP contribution in [0.3, 0.4) is 0 Å². The minimum Gasteiger partial charge on any atom is -0.268 e. The summed E-state index contributed by atoms with van der Waals surface area (Å²) in [6, 6.07) is 61.9. The summed E-state index contributed by atoms with van der Waals surface area (Å²) in [4.78, 5) is 105. The molecule has 12 nitrogen and oxygen atoms in total. The number of carbonyl (C=O) groups excluding carboxylic acids is 8. The van der Waals surface area contributed by atoms with Gasteiger partial charge in [-0.25, -0.2) is 0 Å². The minimum absolute atomic E-state index is 0. The van der Waals surface area contributed by atoms with E-state index in [0.717, 1.165) is 9.80 Å². The van der Waals surface area contributed by atoms with Gasteiger partial charge in [0.25, 0.3) is 47.3 Å². The van der Waals surface area contributed by atoms with Crippen molar-refractivity contribution in [2.45, 2.75) is 0 Å². The molecular weight excluding hydrogens is 1220 g/mol. The first kappa shape index (κ1) is 48.2. The third-order valence-electron chi connectivity index (χ3n) is 11.5. The Balaban J connectivity index is 0.000000154. The first-order valence-corrected chi connectivity index (χ1v) is 21.0. The number of amides is 8. The van der Waals surface area contributed by atoms with Gasteiger partial charge in [0.2, 0.25) is 0 Å². The quantitative estimate of drug-likeness (QED) is 0.122. The normalized spacial score (nSPS) is 13.9. The first-order valence-electron chi connectivity index (χ1n) is 21.0. The number of carbonyl (C=O) groups is 8. The van der Waals surface area contributed by atoms with Crippen LogP contribution in [0.25, 0.3) is 11.1 Å². The summed E-state index contributed by atoms with van der Waals surface area (Å²) < 4.78 is 0. The van der Waals surface area contributed by atoms with Crippen molar-refractivity contribution in [1.29, 1.82) is 0 Å². The van der Waals surface area contributed by atoms with Crippen LogP contribution in [-0.2, 0) is 42.1 Å². The van der Waals surface area contributed by atoms with E-state index in [1.165, 1.54) is 9.80 Å². The van der Waals surface area contributed by atoms with E-state index in [4.69, 9.17) is 0 Å². The summed E-state index contributed by atoms with van der Waals surface area (Å²) in [5.41, 5.74) is 6.52. The molecule has 0 N–H and O–H groups in total. The number of rotatable bonds is 5. The molecule has 0 saturated heterocycles. The average Bonchev–Trinajstić information content (AvgIpc) is 4.00.